The molecule has 0 radical (unpaired) electrons. The fraction of sp³-hybridized carbons (Fsp3) is 1.00. The zero-order valence-electron chi connectivity index (χ0n) is 11.8. The van der Waals surface area contributed by atoms with Crippen molar-refractivity contribution in [2.45, 2.75) is 71.8 Å². The van der Waals surface area contributed by atoms with E-state index in [-0.39, 0.29) is 5.60 Å². The fourth-order valence-electron chi connectivity index (χ4n) is 1.58. The van der Waals surface area contributed by atoms with E-state index in [1.807, 2.05) is 0 Å². The van der Waals surface area contributed by atoms with Crippen LogP contribution < -0.4 is 5.32 Å². The molecule has 16 heavy (non-hydrogen) atoms. The zero-order valence-corrected chi connectivity index (χ0v) is 11.8. The molecule has 0 aromatic carbocycles. The normalized spacial score (nSPS) is 12.0. The minimum atomic E-state index is 0.00182. The van der Waals surface area contributed by atoms with E-state index in [0.29, 0.717) is 0 Å². The lowest BCUT2D eigenvalue weighted by Crippen LogP contribution is -2.27. The molecule has 1 N–H and O–H groups in total. The molecule has 98 valence electrons. The van der Waals surface area contributed by atoms with Crippen LogP contribution in [0.3, 0.4) is 0 Å². The number of unbranched alkanes of at least 4 members (excludes halogenated alkanes) is 5. The molecule has 0 heterocycles. The zero-order chi connectivity index (χ0) is 12.3. The second kappa shape index (κ2) is 10.1. The van der Waals surface area contributed by atoms with Gasteiger partial charge in [-0.05, 0) is 33.7 Å². The molecule has 0 aliphatic carbocycles. The van der Waals surface area contributed by atoms with Crippen molar-refractivity contribution in [3.8, 4) is 0 Å². The number of hydrogen-bond acceptors (Lipinski definition) is 2. The standard InChI is InChI=1S/C14H31NO/c1-5-6-7-8-9-10-11-15-12-13-16-14(2,3)4/h15H,5-13H2,1-4H3. The Labute approximate surface area is 102 Å². The average molecular weight is 229 g/mol. The Morgan fingerprint density at radius 1 is 0.875 bits per heavy atom. The third-order valence-corrected chi connectivity index (χ3v) is 2.52. The molecule has 0 amide bonds. The van der Waals surface area contributed by atoms with Gasteiger partial charge in [-0.1, -0.05) is 39.0 Å². The first-order valence-electron chi connectivity index (χ1n) is 6.91. The molecule has 0 rings (SSSR count). The summed E-state index contributed by atoms with van der Waals surface area (Å²) in [6, 6.07) is 0. The minimum absolute atomic E-state index is 0.00182. The van der Waals surface area contributed by atoms with E-state index >= 15 is 0 Å². The summed E-state index contributed by atoms with van der Waals surface area (Å²) < 4.78 is 5.63. The highest BCUT2D eigenvalue weighted by atomic mass is 16.5. The van der Waals surface area contributed by atoms with Gasteiger partial charge in [-0.2, -0.15) is 0 Å². The van der Waals surface area contributed by atoms with Crippen LogP contribution in [0, 0.1) is 0 Å². The van der Waals surface area contributed by atoms with Crippen molar-refractivity contribution in [2.24, 2.45) is 0 Å². The van der Waals surface area contributed by atoms with Gasteiger partial charge in [0.2, 0.25) is 0 Å². The molecule has 0 unspecified atom stereocenters. The maximum atomic E-state index is 5.63. The average Bonchev–Trinajstić information content (AvgIpc) is 2.19. The van der Waals surface area contributed by atoms with Crippen LogP contribution in [0.1, 0.15) is 66.2 Å². The van der Waals surface area contributed by atoms with Gasteiger partial charge in [0.15, 0.2) is 0 Å². The van der Waals surface area contributed by atoms with Crippen LogP contribution in [0.5, 0.6) is 0 Å². The van der Waals surface area contributed by atoms with E-state index in [9.17, 15) is 0 Å². The molecule has 0 spiro atoms. The second-order valence-corrected chi connectivity index (χ2v) is 5.48. The van der Waals surface area contributed by atoms with Crippen LogP contribution in [0.25, 0.3) is 0 Å². The van der Waals surface area contributed by atoms with Crippen molar-refractivity contribution >= 4 is 0 Å². The molecule has 0 aromatic heterocycles. The van der Waals surface area contributed by atoms with Gasteiger partial charge in [-0.25, -0.2) is 0 Å². The molecular formula is C14H31NO. The molecule has 2 nitrogen and oxygen atoms in total. The Morgan fingerprint density at radius 3 is 2.12 bits per heavy atom. The Hall–Kier alpha value is -0.0800. The topological polar surface area (TPSA) is 21.3 Å². The van der Waals surface area contributed by atoms with Gasteiger partial charge in [0.1, 0.15) is 0 Å². The molecule has 0 bridgehead atoms. The summed E-state index contributed by atoms with van der Waals surface area (Å²) in [7, 11) is 0. The third kappa shape index (κ3) is 13.9. The predicted octanol–water partition coefficient (Wildman–Crippen LogP) is 3.75. The Kier molecular flexibility index (Phi) is 10.0. The first-order chi connectivity index (χ1) is 7.56. The van der Waals surface area contributed by atoms with Crippen molar-refractivity contribution in [1.82, 2.24) is 5.32 Å². The predicted molar refractivity (Wildman–Crippen MR) is 72.0 cm³/mol. The molecule has 0 saturated heterocycles. The molecule has 0 aliphatic heterocycles. The van der Waals surface area contributed by atoms with Gasteiger partial charge >= 0.3 is 0 Å². The fourth-order valence-corrected chi connectivity index (χ4v) is 1.58. The van der Waals surface area contributed by atoms with Gasteiger partial charge in [-0.15, -0.1) is 0 Å². The van der Waals surface area contributed by atoms with Crippen LogP contribution in [0.4, 0.5) is 0 Å². The summed E-state index contributed by atoms with van der Waals surface area (Å²) in [5, 5.41) is 3.42. The maximum Gasteiger partial charge on any atom is 0.0599 e. The highest BCUT2D eigenvalue weighted by molar-refractivity contribution is 4.59. The van der Waals surface area contributed by atoms with E-state index < -0.39 is 0 Å². The smallest absolute Gasteiger partial charge is 0.0599 e. The van der Waals surface area contributed by atoms with Gasteiger partial charge in [0.25, 0.3) is 0 Å². The quantitative estimate of drug-likeness (QED) is 0.576. The Balaban J connectivity index is 2.99. The van der Waals surface area contributed by atoms with Gasteiger partial charge < -0.3 is 10.1 Å². The Morgan fingerprint density at radius 2 is 1.50 bits per heavy atom. The summed E-state index contributed by atoms with van der Waals surface area (Å²) in [4.78, 5) is 0. The van der Waals surface area contributed by atoms with Crippen molar-refractivity contribution in [3.05, 3.63) is 0 Å². The molecule has 0 fully saturated rings. The first kappa shape index (κ1) is 15.9. The summed E-state index contributed by atoms with van der Waals surface area (Å²) >= 11 is 0. The lowest BCUT2D eigenvalue weighted by atomic mass is 10.1. The monoisotopic (exact) mass is 229 g/mol. The van der Waals surface area contributed by atoms with Crippen molar-refractivity contribution in [3.63, 3.8) is 0 Å². The SMILES string of the molecule is CCCCCCCCNCCOC(C)(C)C. The highest BCUT2D eigenvalue weighted by Crippen LogP contribution is 2.05. The van der Waals surface area contributed by atoms with Crippen molar-refractivity contribution in [2.75, 3.05) is 19.7 Å². The van der Waals surface area contributed by atoms with E-state index in [0.717, 1.165) is 19.7 Å². The third-order valence-electron chi connectivity index (χ3n) is 2.52. The lowest BCUT2D eigenvalue weighted by Gasteiger charge is -2.19. The van der Waals surface area contributed by atoms with Crippen LogP contribution in [0.15, 0.2) is 0 Å². The van der Waals surface area contributed by atoms with Crippen LogP contribution in [0.2, 0.25) is 0 Å². The van der Waals surface area contributed by atoms with E-state index in [4.69, 9.17) is 4.74 Å². The maximum absolute atomic E-state index is 5.63. The summed E-state index contributed by atoms with van der Waals surface area (Å²) in [6.45, 7) is 11.5. The molecule has 0 saturated carbocycles. The number of ether oxygens (including phenoxy) is 1. The van der Waals surface area contributed by atoms with Gasteiger partial charge in [0, 0.05) is 6.54 Å². The molecular weight excluding hydrogens is 198 g/mol. The molecule has 0 atom stereocenters. The van der Waals surface area contributed by atoms with Crippen molar-refractivity contribution in [1.29, 1.82) is 0 Å². The summed E-state index contributed by atoms with van der Waals surface area (Å²) in [6.07, 6.45) is 8.21. The van der Waals surface area contributed by atoms with Gasteiger partial charge in [-0.3, -0.25) is 0 Å². The molecule has 0 aliphatic rings. The van der Waals surface area contributed by atoms with Crippen LogP contribution >= 0.6 is 0 Å². The van der Waals surface area contributed by atoms with E-state index in [1.54, 1.807) is 0 Å². The van der Waals surface area contributed by atoms with Crippen LogP contribution in [-0.4, -0.2) is 25.3 Å². The molecule has 0 aromatic rings. The largest absolute Gasteiger partial charge is 0.375 e. The minimum Gasteiger partial charge on any atom is -0.375 e. The van der Waals surface area contributed by atoms with Crippen molar-refractivity contribution < 1.29 is 4.74 Å². The number of hydrogen-bond donors (Lipinski definition) is 1. The number of rotatable bonds is 10. The highest BCUT2D eigenvalue weighted by Gasteiger charge is 2.08. The summed E-state index contributed by atoms with van der Waals surface area (Å²) in [5.41, 5.74) is 0.00182. The second-order valence-electron chi connectivity index (χ2n) is 5.48. The Bertz CT molecular complexity index is 140. The molecule has 2 heteroatoms. The number of nitrogens with one attached hydrogen (secondary N) is 1. The van der Waals surface area contributed by atoms with E-state index in [2.05, 4.69) is 33.0 Å². The lowest BCUT2D eigenvalue weighted by molar-refractivity contribution is -0.000758. The van der Waals surface area contributed by atoms with E-state index in [1.165, 1.54) is 38.5 Å². The first-order valence-corrected chi connectivity index (χ1v) is 6.91. The van der Waals surface area contributed by atoms with Crippen LogP contribution in [-0.2, 0) is 4.74 Å². The summed E-state index contributed by atoms with van der Waals surface area (Å²) in [5.74, 6) is 0. The van der Waals surface area contributed by atoms with Gasteiger partial charge in [0.05, 0.1) is 12.2 Å².